The number of benzene rings is 2. The van der Waals surface area contributed by atoms with Gasteiger partial charge in [0.15, 0.2) is 0 Å². The van der Waals surface area contributed by atoms with Crippen LogP contribution >= 0.6 is 0 Å². The highest BCUT2D eigenvalue weighted by Crippen LogP contribution is 2.46. The fraction of sp³-hybridized carbons (Fsp3) is 0.360. The van der Waals surface area contributed by atoms with E-state index in [-0.39, 0.29) is 17.1 Å². The van der Waals surface area contributed by atoms with E-state index in [1.165, 1.54) is 19.5 Å². The molecule has 0 bridgehead atoms. The molecule has 5 rings (SSSR count). The Morgan fingerprint density at radius 2 is 1.84 bits per heavy atom. The minimum atomic E-state index is -0.685. The van der Waals surface area contributed by atoms with Gasteiger partial charge in [-0.1, -0.05) is 31.6 Å². The first kappa shape index (κ1) is 20.4. The topological polar surface area (TPSA) is 78.4 Å². The Labute approximate surface area is 185 Å². The maximum Gasteiger partial charge on any atom is 0.352 e. The maximum atomic E-state index is 13.6. The highest BCUT2D eigenvalue weighted by molar-refractivity contribution is 5.51. The fourth-order valence-electron chi connectivity index (χ4n) is 4.80. The van der Waals surface area contributed by atoms with E-state index in [1.807, 2.05) is 44.2 Å². The third kappa shape index (κ3) is 3.03. The summed E-state index contributed by atoms with van der Waals surface area (Å²) in [5, 5.41) is 9.96. The van der Waals surface area contributed by atoms with Gasteiger partial charge in [0.25, 0.3) is 0 Å². The zero-order chi connectivity index (χ0) is 22.6. The molecule has 2 aromatic carbocycles. The maximum absolute atomic E-state index is 13.6. The van der Waals surface area contributed by atoms with E-state index >= 15 is 0 Å². The Kier molecular flexibility index (Phi) is 4.65. The Morgan fingerprint density at radius 1 is 1.09 bits per heavy atom. The average molecular weight is 434 g/mol. The minimum absolute atomic E-state index is 0.0910. The van der Waals surface area contributed by atoms with Crippen molar-refractivity contribution in [3.63, 3.8) is 0 Å². The molecule has 32 heavy (non-hydrogen) atoms. The van der Waals surface area contributed by atoms with Crippen LogP contribution in [0.25, 0.3) is 5.69 Å². The lowest BCUT2D eigenvalue weighted by atomic mass is 9.83. The van der Waals surface area contributed by atoms with Crippen LogP contribution in [0.1, 0.15) is 50.8 Å². The van der Waals surface area contributed by atoms with Gasteiger partial charge in [0.2, 0.25) is 0 Å². The van der Waals surface area contributed by atoms with Crippen molar-refractivity contribution >= 4 is 0 Å². The molecule has 166 valence electrons. The molecule has 0 aliphatic carbocycles. The van der Waals surface area contributed by atoms with Gasteiger partial charge in [-0.15, -0.1) is 0 Å². The van der Waals surface area contributed by atoms with Crippen LogP contribution in [0.4, 0.5) is 0 Å². The molecule has 0 saturated heterocycles. The normalized spacial score (nSPS) is 18.2. The molecular formula is C25H27N3O4. The van der Waals surface area contributed by atoms with Crippen molar-refractivity contribution < 1.29 is 9.84 Å². The molecule has 1 atom stereocenters. The molecule has 0 spiro atoms. The molecule has 3 heterocycles. The molecule has 1 aromatic heterocycles. The van der Waals surface area contributed by atoms with Crippen LogP contribution in [-0.4, -0.2) is 24.6 Å². The SMILES string of the molecule is CCCCc1ccc(-n2c(=O)n3n(c2=O)C2C(=CC3)C(C)(C)Oc3cc(O)ccc32)cc1. The van der Waals surface area contributed by atoms with E-state index in [0.29, 0.717) is 18.0 Å². The summed E-state index contributed by atoms with van der Waals surface area (Å²) in [5.74, 6) is 0.603. The second-order valence-corrected chi connectivity index (χ2v) is 8.99. The van der Waals surface area contributed by atoms with Crippen molar-refractivity contribution in [3.05, 3.63) is 86.2 Å². The smallest absolute Gasteiger partial charge is 0.352 e. The van der Waals surface area contributed by atoms with Crippen LogP contribution in [0, 0.1) is 0 Å². The fourth-order valence-corrected chi connectivity index (χ4v) is 4.80. The molecule has 1 N–H and O–H groups in total. The number of rotatable bonds is 4. The first-order valence-corrected chi connectivity index (χ1v) is 11.1. The second-order valence-electron chi connectivity index (χ2n) is 8.99. The number of hydrogen-bond acceptors (Lipinski definition) is 4. The predicted molar refractivity (Wildman–Crippen MR) is 122 cm³/mol. The van der Waals surface area contributed by atoms with E-state index in [4.69, 9.17) is 4.74 Å². The number of allylic oxidation sites excluding steroid dienone is 1. The Bertz CT molecular complexity index is 1340. The summed E-state index contributed by atoms with van der Waals surface area (Å²) >= 11 is 0. The highest BCUT2D eigenvalue weighted by Gasteiger charge is 2.43. The van der Waals surface area contributed by atoms with E-state index in [9.17, 15) is 14.7 Å². The molecular weight excluding hydrogens is 406 g/mol. The molecule has 0 amide bonds. The van der Waals surface area contributed by atoms with Gasteiger partial charge < -0.3 is 9.84 Å². The van der Waals surface area contributed by atoms with Crippen LogP contribution < -0.4 is 16.1 Å². The first-order chi connectivity index (χ1) is 15.3. The van der Waals surface area contributed by atoms with Crippen molar-refractivity contribution in [1.82, 2.24) is 13.9 Å². The summed E-state index contributed by atoms with van der Waals surface area (Å²) in [5.41, 5.74) is 1.99. The molecule has 2 aliphatic rings. The van der Waals surface area contributed by atoms with E-state index in [2.05, 4.69) is 6.92 Å². The Balaban J connectivity index is 1.66. The largest absolute Gasteiger partial charge is 0.508 e. The molecule has 0 fully saturated rings. The first-order valence-electron chi connectivity index (χ1n) is 11.1. The van der Waals surface area contributed by atoms with Gasteiger partial charge >= 0.3 is 11.4 Å². The zero-order valence-corrected chi connectivity index (χ0v) is 18.5. The van der Waals surface area contributed by atoms with Crippen molar-refractivity contribution in [2.45, 2.75) is 58.2 Å². The Morgan fingerprint density at radius 3 is 2.56 bits per heavy atom. The summed E-state index contributed by atoms with van der Waals surface area (Å²) in [6, 6.07) is 12.1. The van der Waals surface area contributed by atoms with Crippen molar-refractivity contribution in [2.24, 2.45) is 0 Å². The number of unbranched alkanes of at least 4 members (excludes halogenated alkanes) is 1. The number of aryl methyl sites for hydroxylation is 1. The van der Waals surface area contributed by atoms with Gasteiger partial charge in [-0.05, 0) is 62.1 Å². The lowest BCUT2D eigenvalue weighted by Crippen LogP contribution is -2.46. The third-order valence-corrected chi connectivity index (χ3v) is 6.45. The molecule has 3 aromatic rings. The number of phenols is 1. The molecule has 2 aliphatic heterocycles. The molecule has 7 heteroatoms. The van der Waals surface area contributed by atoms with Crippen LogP contribution in [0.15, 0.2) is 63.7 Å². The van der Waals surface area contributed by atoms with Gasteiger partial charge in [0.05, 0.1) is 12.2 Å². The number of aromatic nitrogens is 3. The number of phenolic OH excluding ortho intramolecular Hbond substituents is 1. The number of nitrogens with zero attached hydrogens (tertiary/aromatic N) is 3. The van der Waals surface area contributed by atoms with Crippen LogP contribution in [0.5, 0.6) is 11.5 Å². The van der Waals surface area contributed by atoms with Crippen molar-refractivity contribution in [2.75, 3.05) is 0 Å². The zero-order valence-electron chi connectivity index (χ0n) is 18.5. The molecule has 7 nitrogen and oxygen atoms in total. The number of hydrogen-bond donors (Lipinski definition) is 1. The number of ether oxygens (including phenoxy) is 1. The van der Waals surface area contributed by atoms with Gasteiger partial charge in [0.1, 0.15) is 23.1 Å². The lowest BCUT2D eigenvalue weighted by molar-refractivity contribution is 0.113. The number of aromatic hydroxyl groups is 1. The molecule has 1 unspecified atom stereocenters. The lowest BCUT2D eigenvalue weighted by Gasteiger charge is -2.42. The molecule has 0 saturated carbocycles. The monoisotopic (exact) mass is 433 g/mol. The summed E-state index contributed by atoms with van der Waals surface area (Å²) in [6.07, 6.45) is 5.17. The summed E-state index contributed by atoms with van der Waals surface area (Å²) < 4.78 is 10.4. The standard InChI is InChI=1S/C25H27N3O4/c1-4-5-6-16-7-9-17(10-8-16)27-23(30)26-14-13-20-22(28(26)24(27)31)19-12-11-18(29)15-21(19)32-25(20,2)3/h7-13,15,22,29H,4-6,14H2,1-3H3. The minimum Gasteiger partial charge on any atom is -0.508 e. The van der Waals surface area contributed by atoms with Gasteiger partial charge in [0, 0.05) is 11.6 Å². The summed E-state index contributed by atoms with van der Waals surface area (Å²) in [6.45, 7) is 6.31. The van der Waals surface area contributed by atoms with Crippen LogP contribution in [-0.2, 0) is 13.0 Å². The van der Waals surface area contributed by atoms with Gasteiger partial charge in [-0.3, -0.25) is 0 Å². The highest BCUT2D eigenvalue weighted by atomic mass is 16.5. The quantitative estimate of drug-likeness (QED) is 0.639. The number of fused-ring (bicyclic) bond motifs is 5. The molecule has 0 radical (unpaired) electrons. The van der Waals surface area contributed by atoms with Gasteiger partial charge in [-0.2, -0.15) is 0 Å². The summed E-state index contributed by atoms with van der Waals surface area (Å²) in [7, 11) is 0. The average Bonchev–Trinajstić information content (AvgIpc) is 3.02. The predicted octanol–water partition coefficient (Wildman–Crippen LogP) is 3.55. The second kappa shape index (κ2) is 7.29. The van der Waals surface area contributed by atoms with Gasteiger partial charge in [-0.25, -0.2) is 23.5 Å². The summed E-state index contributed by atoms with van der Waals surface area (Å²) in [4.78, 5) is 26.9. The van der Waals surface area contributed by atoms with Crippen molar-refractivity contribution in [1.29, 1.82) is 0 Å². The van der Waals surface area contributed by atoms with Crippen molar-refractivity contribution in [3.8, 4) is 17.2 Å². The van der Waals surface area contributed by atoms with Crippen LogP contribution in [0.3, 0.4) is 0 Å². The van der Waals surface area contributed by atoms with E-state index < -0.39 is 11.6 Å². The third-order valence-electron chi connectivity index (χ3n) is 6.45. The van der Waals surface area contributed by atoms with E-state index in [0.717, 1.165) is 30.4 Å². The van der Waals surface area contributed by atoms with Crippen LogP contribution in [0.2, 0.25) is 0 Å². The van der Waals surface area contributed by atoms with E-state index in [1.54, 1.807) is 18.2 Å². The Hall–Kier alpha value is -3.48.